The number of alkyl halides is 1. The summed E-state index contributed by atoms with van der Waals surface area (Å²) in [7, 11) is 1.42. The number of para-hydroxylation sites is 1. The highest BCUT2D eigenvalue weighted by Crippen LogP contribution is 2.35. The summed E-state index contributed by atoms with van der Waals surface area (Å²) in [6.45, 7) is 1.21. The number of methoxy groups -OCH3 is 1. The number of esters is 1. The summed E-state index contributed by atoms with van der Waals surface area (Å²) < 4.78 is 31.5. The Bertz CT molecular complexity index is 1350. The van der Waals surface area contributed by atoms with Gasteiger partial charge in [0.05, 0.1) is 44.7 Å². The Morgan fingerprint density at radius 3 is 2.77 bits per heavy atom. The Hall–Kier alpha value is -3.46. The average Bonchev–Trinajstić information content (AvgIpc) is 3.67. The van der Waals surface area contributed by atoms with Gasteiger partial charge in [0.25, 0.3) is 0 Å². The van der Waals surface area contributed by atoms with Gasteiger partial charge in [-0.15, -0.1) is 0 Å². The summed E-state index contributed by atoms with van der Waals surface area (Å²) in [5.41, 5.74) is 4.56. The van der Waals surface area contributed by atoms with Crippen LogP contribution >= 0.6 is 0 Å². The van der Waals surface area contributed by atoms with Crippen LogP contribution in [0.1, 0.15) is 43.2 Å². The Morgan fingerprint density at radius 1 is 1.13 bits per heavy atom. The number of halogens is 1. The van der Waals surface area contributed by atoms with Gasteiger partial charge in [0, 0.05) is 18.7 Å². The van der Waals surface area contributed by atoms with Crippen molar-refractivity contribution in [2.75, 3.05) is 31.7 Å². The maximum Gasteiger partial charge on any atom is 0.308 e. The van der Waals surface area contributed by atoms with Crippen LogP contribution in [0.5, 0.6) is 0 Å². The molecule has 8 nitrogen and oxygen atoms in total. The number of benzene rings is 2. The quantitative estimate of drug-likeness (QED) is 0.404. The van der Waals surface area contributed by atoms with E-state index in [0.717, 1.165) is 55.4 Å². The highest BCUT2D eigenvalue weighted by molar-refractivity contribution is 5.82. The number of rotatable bonds is 7. The molecule has 2 aromatic carbocycles. The molecule has 0 N–H and O–H groups in total. The first-order chi connectivity index (χ1) is 19.0. The van der Waals surface area contributed by atoms with Crippen molar-refractivity contribution in [2.24, 2.45) is 5.92 Å². The molecule has 1 saturated heterocycles. The molecule has 0 spiro atoms. The molecule has 0 radical (unpaired) electrons. The molecule has 9 heteroatoms. The van der Waals surface area contributed by atoms with E-state index in [1.165, 1.54) is 12.7 Å². The third-order valence-electron chi connectivity index (χ3n) is 8.33. The van der Waals surface area contributed by atoms with Gasteiger partial charge in [0.15, 0.2) is 5.58 Å². The zero-order valence-electron chi connectivity index (χ0n) is 22.2. The Kier molecular flexibility index (Phi) is 7.25. The van der Waals surface area contributed by atoms with Crippen LogP contribution in [0.3, 0.4) is 0 Å². The van der Waals surface area contributed by atoms with Crippen molar-refractivity contribution >= 4 is 34.7 Å². The fourth-order valence-electron chi connectivity index (χ4n) is 6.20. The molecule has 206 valence electrons. The SMILES string of the molecule is COC(=O)C1CCC(OC[C@@H]2C[C@H](F)CN2C(=O)Cc2ccc3nc(N4CCc5ccccc54)oc3c2)CC1. The van der Waals surface area contributed by atoms with Crippen LogP contribution in [-0.2, 0) is 31.9 Å². The Morgan fingerprint density at radius 2 is 1.95 bits per heavy atom. The molecule has 3 aromatic rings. The second-order valence-electron chi connectivity index (χ2n) is 10.9. The number of hydrogen-bond donors (Lipinski definition) is 0. The second kappa shape index (κ2) is 11.0. The van der Waals surface area contributed by atoms with Gasteiger partial charge in [-0.3, -0.25) is 14.5 Å². The van der Waals surface area contributed by atoms with Crippen molar-refractivity contribution < 1.29 is 27.9 Å². The lowest BCUT2D eigenvalue weighted by Gasteiger charge is -2.30. The van der Waals surface area contributed by atoms with E-state index in [0.29, 0.717) is 18.2 Å². The number of aromatic nitrogens is 1. The monoisotopic (exact) mass is 535 g/mol. The minimum Gasteiger partial charge on any atom is -0.469 e. The highest BCUT2D eigenvalue weighted by atomic mass is 19.1. The standard InChI is InChI=1S/C30H34FN3O5/c1-37-29(36)21-7-9-24(10-8-21)38-18-23-16-22(31)17-34(23)28(35)15-19-6-11-25-27(14-19)39-30(32-25)33-13-12-20-4-2-3-5-26(20)33/h2-6,11,14,21-24H,7-10,12-13,15-18H2,1H3/t21?,22-,23-,24?/m0/s1. The van der Waals surface area contributed by atoms with E-state index in [-0.39, 0.29) is 49.3 Å². The molecule has 0 unspecified atom stereocenters. The van der Waals surface area contributed by atoms with Crippen LogP contribution in [0.2, 0.25) is 0 Å². The minimum atomic E-state index is -1.06. The first-order valence-electron chi connectivity index (χ1n) is 13.9. The molecule has 2 atom stereocenters. The van der Waals surface area contributed by atoms with Gasteiger partial charge in [-0.25, -0.2) is 4.39 Å². The van der Waals surface area contributed by atoms with E-state index < -0.39 is 6.17 Å². The summed E-state index contributed by atoms with van der Waals surface area (Å²) in [4.78, 5) is 33.4. The zero-order valence-corrected chi connectivity index (χ0v) is 22.2. The van der Waals surface area contributed by atoms with Gasteiger partial charge in [0.1, 0.15) is 11.7 Å². The Labute approximate surface area is 227 Å². The van der Waals surface area contributed by atoms with Gasteiger partial charge in [0.2, 0.25) is 5.91 Å². The summed E-state index contributed by atoms with van der Waals surface area (Å²) in [6, 6.07) is 14.1. The number of likely N-dealkylation sites (tertiary alicyclic amines) is 1. The fourth-order valence-corrected chi connectivity index (χ4v) is 6.20. The molecule has 3 aliphatic rings. The number of carbonyl (C=O) groups is 2. The number of nitrogens with zero attached hydrogens (tertiary/aromatic N) is 3. The van der Waals surface area contributed by atoms with Crippen molar-refractivity contribution in [1.29, 1.82) is 0 Å². The van der Waals surface area contributed by atoms with E-state index >= 15 is 0 Å². The molecule has 1 saturated carbocycles. The first-order valence-corrected chi connectivity index (χ1v) is 13.9. The molecular weight excluding hydrogens is 501 g/mol. The summed E-state index contributed by atoms with van der Waals surface area (Å²) in [6.07, 6.45) is 3.34. The lowest BCUT2D eigenvalue weighted by atomic mass is 9.87. The first kappa shape index (κ1) is 25.8. The van der Waals surface area contributed by atoms with E-state index in [2.05, 4.69) is 22.0 Å². The average molecular weight is 536 g/mol. The van der Waals surface area contributed by atoms with Gasteiger partial charge < -0.3 is 18.8 Å². The normalized spacial score (nSPS) is 24.8. The molecule has 1 aliphatic carbocycles. The third-order valence-corrected chi connectivity index (χ3v) is 8.33. The van der Waals surface area contributed by atoms with Crippen LogP contribution < -0.4 is 4.90 Å². The van der Waals surface area contributed by atoms with Gasteiger partial charge >= 0.3 is 12.0 Å². The van der Waals surface area contributed by atoms with Crippen molar-refractivity contribution in [2.45, 2.75) is 63.3 Å². The second-order valence-corrected chi connectivity index (χ2v) is 10.9. The summed E-state index contributed by atoms with van der Waals surface area (Å²) in [5.74, 6) is -0.355. The summed E-state index contributed by atoms with van der Waals surface area (Å²) >= 11 is 0. The van der Waals surface area contributed by atoms with E-state index in [1.54, 1.807) is 4.90 Å². The van der Waals surface area contributed by atoms with E-state index in [4.69, 9.17) is 13.9 Å². The highest BCUT2D eigenvalue weighted by Gasteiger charge is 2.36. The number of ether oxygens (including phenoxy) is 2. The topological polar surface area (TPSA) is 85.1 Å². The smallest absolute Gasteiger partial charge is 0.308 e. The number of anilines is 2. The number of amides is 1. The predicted octanol–water partition coefficient (Wildman–Crippen LogP) is 4.75. The molecule has 2 fully saturated rings. The van der Waals surface area contributed by atoms with E-state index in [1.807, 2.05) is 30.3 Å². The van der Waals surface area contributed by atoms with Crippen LogP contribution in [-0.4, -0.2) is 66.9 Å². The molecule has 0 bridgehead atoms. The lowest BCUT2D eigenvalue weighted by molar-refractivity contribution is -0.148. The molecule has 2 aliphatic heterocycles. The van der Waals surface area contributed by atoms with Crippen molar-refractivity contribution in [3.8, 4) is 0 Å². The van der Waals surface area contributed by atoms with Crippen LogP contribution in [0.4, 0.5) is 16.1 Å². The maximum absolute atomic E-state index is 14.4. The van der Waals surface area contributed by atoms with Crippen molar-refractivity contribution in [3.63, 3.8) is 0 Å². The Balaban J connectivity index is 1.08. The molecule has 6 rings (SSSR count). The van der Waals surface area contributed by atoms with Gasteiger partial charge in [-0.1, -0.05) is 24.3 Å². The van der Waals surface area contributed by atoms with E-state index in [9.17, 15) is 14.0 Å². The fraction of sp³-hybridized carbons (Fsp3) is 0.500. The third kappa shape index (κ3) is 5.37. The van der Waals surface area contributed by atoms with Crippen molar-refractivity contribution in [1.82, 2.24) is 9.88 Å². The number of oxazole rings is 1. The number of fused-ring (bicyclic) bond motifs is 2. The molecule has 3 heterocycles. The number of carbonyl (C=O) groups excluding carboxylic acids is 2. The maximum atomic E-state index is 14.4. The van der Waals surface area contributed by atoms with Crippen LogP contribution in [0, 0.1) is 5.92 Å². The lowest BCUT2D eigenvalue weighted by Crippen LogP contribution is -2.40. The largest absolute Gasteiger partial charge is 0.469 e. The van der Waals surface area contributed by atoms with Crippen LogP contribution in [0.15, 0.2) is 46.9 Å². The molecule has 1 aromatic heterocycles. The predicted molar refractivity (Wildman–Crippen MR) is 144 cm³/mol. The molecule has 1 amide bonds. The number of hydrogen-bond acceptors (Lipinski definition) is 7. The minimum absolute atomic E-state index is 0.0205. The molecule has 39 heavy (non-hydrogen) atoms. The summed E-state index contributed by atoms with van der Waals surface area (Å²) in [5, 5.41) is 0. The van der Waals surface area contributed by atoms with Gasteiger partial charge in [-0.05, 0) is 61.4 Å². The van der Waals surface area contributed by atoms with Gasteiger partial charge in [-0.2, -0.15) is 4.98 Å². The van der Waals surface area contributed by atoms with Crippen molar-refractivity contribution in [3.05, 3.63) is 53.6 Å². The molecular formula is C30H34FN3O5. The zero-order chi connectivity index (χ0) is 26.9. The van der Waals surface area contributed by atoms with Crippen LogP contribution in [0.25, 0.3) is 11.1 Å².